The number of halogens is 1. The van der Waals surface area contributed by atoms with E-state index in [0.717, 1.165) is 51.4 Å². The number of benzene rings is 1. The summed E-state index contributed by atoms with van der Waals surface area (Å²) >= 11 is 6.09. The summed E-state index contributed by atoms with van der Waals surface area (Å²) in [6.45, 7) is 1.36. The van der Waals surface area contributed by atoms with Crippen LogP contribution in [0.25, 0.3) is 0 Å². The summed E-state index contributed by atoms with van der Waals surface area (Å²) < 4.78 is 17.6. The molecule has 2 heterocycles. The molecule has 5 rings (SSSR count). The Kier molecular flexibility index (Phi) is 7.90. The number of ether oxygens (including phenoxy) is 3. The van der Waals surface area contributed by atoms with E-state index < -0.39 is 0 Å². The molecule has 1 aromatic carbocycles. The van der Waals surface area contributed by atoms with Crippen molar-refractivity contribution in [2.75, 3.05) is 13.2 Å². The highest BCUT2D eigenvalue weighted by molar-refractivity contribution is 6.31. The number of aromatic nitrogens is 2. The number of hydrogen-bond acceptors (Lipinski definition) is 7. The van der Waals surface area contributed by atoms with Crippen LogP contribution in [0.1, 0.15) is 73.1 Å². The second-order valence-corrected chi connectivity index (χ2v) is 10.2. The Morgan fingerprint density at radius 2 is 1.81 bits per heavy atom. The lowest BCUT2D eigenvalue weighted by molar-refractivity contribution is -0.180. The van der Waals surface area contributed by atoms with Crippen molar-refractivity contribution in [1.29, 1.82) is 5.26 Å². The number of hydrogen-bond donors (Lipinski definition) is 1. The maximum atomic E-state index is 12.7. The average Bonchev–Trinajstić information content (AvgIpc) is 3.38. The molecule has 1 amide bonds. The van der Waals surface area contributed by atoms with Gasteiger partial charge in [-0.2, -0.15) is 5.26 Å². The highest BCUT2D eigenvalue weighted by atomic mass is 35.5. The van der Waals surface area contributed by atoms with Gasteiger partial charge in [0.25, 0.3) is 5.91 Å². The predicted molar refractivity (Wildman–Crippen MR) is 136 cm³/mol. The zero-order chi connectivity index (χ0) is 25.7. The van der Waals surface area contributed by atoms with E-state index in [1.54, 1.807) is 30.3 Å². The Labute approximate surface area is 221 Å². The number of rotatable bonds is 4. The molecule has 1 spiro atoms. The van der Waals surface area contributed by atoms with Crippen molar-refractivity contribution in [3.05, 3.63) is 52.3 Å². The van der Waals surface area contributed by atoms with Crippen LogP contribution in [0.5, 0.6) is 5.75 Å². The van der Waals surface area contributed by atoms with Crippen LogP contribution in [-0.2, 0) is 9.47 Å². The maximum absolute atomic E-state index is 12.7. The third kappa shape index (κ3) is 6.40. The molecule has 9 heteroatoms. The Morgan fingerprint density at radius 3 is 2.46 bits per heavy atom. The van der Waals surface area contributed by atoms with Crippen molar-refractivity contribution in [3.63, 3.8) is 0 Å². The number of nitriles is 1. The minimum atomic E-state index is -0.376. The van der Waals surface area contributed by atoms with Gasteiger partial charge in [-0.25, -0.2) is 0 Å². The number of nitrogens with one attached hydrogen (secondary N) is 1. The van der Waals surface area contributed by atoms with Gasteiger partial charge in [0.2, 0.25) is 0 Å². The third-order valence-corrected chi connectivity index (χ3v) is 7.55. The SMILES string of the molecule is N#Cc1ccc(OC2CCC(NC(=O)c3ccc(C#CC4CCC5(CC4)OCCO5)nn3)CC2)cc1Cl. The molecule has 3 aliphatic rings. The van der Waals surface area contributed by atoms with Crippen molar-refractivity contribution in [3.8, 4) is 23.7 Å². The van der Waals surface area contributed by atoms with Gasteiger partial charge in [0, 0.05) is 30.9 Å². The molecule has 1 aliphatic heterocycles. The topological polar surface area (TPSA) is 106 Å². The lowest BCUT2D eigenvalue weighted by Crippen LogP contribution is -2.40. The number of amides is 1. The molecule has 37 heavy (non-hydrogen) atoms. The molecule has 0 bridgehead atoms. The fourth-order valence-electron chi connectivity index (χ4n) is 5.12. The predicted octanol–water partition coefficient (Wildman–Crippen LogP) is 4.41. The van der Waals surface area contributed by atoms with Gasteiger partial charge in [-0.3, -0.25) is 4.79 Å². The van der Waals surface area contributed by atoms with Crippen LogP contribution in [0, 0.1) is 29.1 Å². The standard InChI is InChI=1S/C28H29ClN4O4/c29-25-17-24(7-2-20(25)18-30)37-23-8-4-21(5-9-23)31-27(34)26-10-6-22(32-33-26)3-1-19-11-13-28(14-12-19)35-15-16-36-28/h2,6-7,10,17,19,21,23H,4-5,8-9,11-16H2,(H,31,34). The first-order valence-corrected chi connectivity index (χ1v) is 13.2. The first-order chi connectivity index (χ1) is 18.0. The van der Waals surface area contributed by atoms with Gasteiger partial charge in [-0.1, -0.05) is 17.5 Å². The molecule has 1 saturated heterocycles. The first-order valence-electron chi connectivity index (χ1n) is 12.8. The van der Waals surface area contributed by atoms with Gasteiger partial charge in [-0.05, 0) is 68.7 Å². The van der Waals surface area contributed by atoms with E-state index in [1.807, 2.05) is 6.07 Å². The molecule has 2 aromatic rings. The van der Waals surface area contributed by atoms with Gasteiger partial charge in [0.1, 0.15) is 17.5 Å². The van der Waals surface area contributed by atoms with Gasteiger partial charge >= 0.3 is 0 Å². The Hall–Kier alpha value is -3.17. The van der Waals surface area contributed by atoms with Crippen LogP contribution in [0.4, 0.5) is 0 Å². The fraction of sp³-hybridized carbons (Fsp3) is 0.500. The van der Waals surface area contributed by atoms with Crippen LogP contribution in [-0.4, -0.2) is 47.3 Å². The second-order valence-electron chi connectivity index (χ2n) is 9.77. The summed E-state index contributed by atoms with van der Waals surface area (Å²) in [7, 11) is 0. The van der Waals surface area contributed by atoms with Gasteiger partial charge in [0.05, 0.1) is 29.9 Å². The third-order valence-electron chi connectivity index (χ3n) is 7.24. The molecule has 8 nitrogen and oxygen atoms in total. The summed E-state index contributed by atoms with van der Waals surface area (Å²) in [6, 6.07) is 10.6. The molecular weight excluding hydrogens is 492 g/mol. The Balaban J connectivity index is 1.06. The summed E-state index contributed by atoms with van der Waals surface area (Å²) in [5, 5.41) is 20.7. The molecule has 2 aliphatic carbocycles. The molecule has 1 N–H and O–H groups in total. The van der Waals surface area contributed by atoms with E-state index in [1.165, 1.54) is 0 Å². The lowest BCUT2D eigenvalue weighted by atomic mass is 9.85. The Morgan fingerprint density at radius 1 is 1.05 bits per heavy atom. The minimum Gasteiger partial charge on any atom is -0.490 e. The maximum Gasteiger partial charge on any atom is 0.272 e. The molecule has 1 aromatic heterocycles. The van der Waals surface area contributed by atoms with Crippen LogP contribution >= 0.6 is 11.6 Å². The highest BCUT2D eigenvalue weighted by Gasteiger charge is 2.39. The summed E-state index contributed by atoms with van der Waals surface area (Å²) in [4.78, 5) is 12.7. The highest BCUT2D eigenvalue weighted by Crippen LogP contribution is 2.38. The zero-order valence-corrected chi connectivity index (χ0v) is 21.3. The Bertz CT molecular complexity index is 1210. The molecular formula is C28H29ClN4O4. The van der Waals surface area contributed by atoms with Crippen molar-refractivity contribution in [2.45, 2.75) is 69.3 Å². The smallest absolute Gasteiger partial charge is 0.272 e. The van der Waals surface area contributed by atoms with Crippen molar-refractivity contribution < 1.29 is 19.0 Å². The molecule has 0 unspecified atom stereocenters. The first kappa shape index (κ1) is 25.5. The van der Waals surface area contributed by atoms with Crippen LogP contribution in [0.3, 0.4) is 0 Å². The summed E-state index contributed by atoms with van der Waals surface area (Å²) in [5.41, 5.74) is 1.27. The number of nitrogens with zero attached hydrogens (tertiary/aromatic N) is 3. The van der Waals surface area contributed by atoms with Crippen LogP contribution < -0.4 is 10.1 Å². The summed E-state index contributed by atoms with van der Waals surface area (Å²) in [6.07, 6.45) is 6.89. The van der Waals surface area contributed by atoms with Crippen molar-refractivity contribution in [2.24, 2.45) is 5.92 Å². The van der Waals surface area contributed by atoms with Crippen LogP contribution in [0.2, 0.25) is 5.02 Å². The molecule has 0 atom stereocenters. The molecule has 192 valence electrons. The monoisotopic (exact) mass is 520 g/mol. The van der Waals surface area contributed by atoms with E-state index >= 15 is 0 Å². The minimum absolute atomic E-state index is 0.0442. The lowest BCUT2D eigenvalue weighted by Gasteiger charge is -2.33. The second kappa shape index (κ2) is 11.5. The summed E-state index contributed by atoms with van der Waals surface area (Å²) in [5.74, 6) is 6.72. The number of carbonyl (C=O) groups is 1. The zero-order valence-electron chi connectivity index (χ0n) is 20.5. The molecule has 3 fully saturated rings. The normalized spacial score (nSPS) is 23.0. The van der Waals surface area contributed by atoms with Crippen LogP contribution in [0.15, 0.2) is 30.3 Å². The fourth-order valence-corrected chi connectivity index (χ4v) is 5.33. The molecule has 0 radical (unpaired) electrons. The average molecular weight is 521 g/mol. The largest absolute Gasteiger partial charge is 0.490 e. The van der Waals surface area contributed by atoms with Gasteiger partial charge in [0.15, 0.2) is 11.5 Å². The van der Waals surface area contributed by atoms with E-state index in [2.05, 4.69) is 27.4 Å². The number of carbonyl (C=O) groups excluding carboxylic acids is 1. The van der Waals surface area contributed by atoms with E-state index in [0.29, 0.717) is 35.2 Å². The van der Waals surface area contributed by atoms with Crippen molar-refractivity contribution in [1.82, 2.24) is 15.5 Å². The molecule has 2 saturated carbocycles. The van der Waals surface area contributed by atoms with E-state index in [-0.39, 0.29) is 35.5 Å². The van der Waals surface area contributed by atoms with Gasteiger partial charge in [-0.15, -0.1) is 10.2 Å². The quantitative estimate of drug-likeness (QED) is 0.595. The van der Waals surface area contributed by atoms with Gasteiger partial charge < -0.3 is 19.5 Å². The van der Waals surface area contributed by atoms with E-state index in [9.17, 15) is 4.79 Å². The van der Waals surface area contributed by atoms with E-state index in [4.69, 9.17) is 31.1 Å². The van der Waals surface area contributed by atoms with Crippen molar-refractivity contribution >= 4 is 17.5 Å².